The molecule has 5 rings (SSSR count). The molecule has 4 aromatic rings. The fourth-order valence-corrected chi connectivity index (χ4v) is 4.23. The maximum Gasteiger partial charge on any atom is 0.275 e. The van der Waals surface area contributed by atoms with E-state index in [-0.39, 0.29) is 24.4 Å². The summed E-state index contributed by atoms with van der Waals surface area (Å²) in [4.78, 5) is 27.6. The van der Waals surface area contributed by atoms with E-state index in [4.69, 9.17) is 0 Å². The molecule has 0 atom stereocenters. The van der Waals surface area contributed by atoms with Crippen molar-refractivity contribution in [2.24, 2.45) is 0 Å². The van der Waals surface area contributed by atoms with E-state index < -0.39 is 5.82 Å². The highest BCUT2D eigenvalue weighted by Crippen LogP contribution is 2.20. The summed E-state index contributed by atoms with van der Waals surface area (Å²) in [5.74, 6) is -0.401. The van der Waals surface area contributed by atoms with Gasteiger partial charge in [-0.3, -0.25) is 9.59 Å². The Kier molecular flexibility index (Phi) is 4.19. The number of amides is 1. The summed E-state index contributed by atoms with van der Waals surface area (Å²) in [6.07, 6.45) is 2.83. The van der Waals surface area contributed by atoms with Gasteiger partial charge in [0.25, 0.3) is 5.56 Å². The highest BCUT2D eigenvalue weighted by Gasteiger charge is 2.21. The molecule has 3 heterocycles. The van der Waals surface area contributed by atoms with Crippen LogP contribution < -0.4 is 5.56 Å². The summed E-state index contributed by atoms with van der Waals surface area (Å²) >= 11 is 0. The van der Waals surface area contributed by atoms with Crippen molar-refractivity contribution in [3.05, 3.63) is 88.1 Å². The van der Waals surface area contributed by atoms with Crippen LogP contribution in [0.4, 0.5) is 4.39 Å². The van der Waals surface area contributed by atoms with Gasteiger partial charge in [0.15, 0.2) is 0 Å². The smallest absolute Gasteiger partial charge is 0.275 e. The Morgan fingerprint density at radius 3 is 2.66 bits per heavy atom. The van der Waals surface area contributed by atoms with Crippen LogP contribution >= 0.6 is 0 Å². The molecule has 6 heteroatoms. The lowest BCUT2D eigenvalue weighted by molar-refractivity contribution is -0.132. The molecule has 0 spiro atoms. The number of hydrogen-bond donors (Lipinski definition) is 0. The van der Waals surface area contributed by atoms with Crippen LogP contribution in [0.25, 0.3) is 16.6 Å². The van der Waals surface area contributed by atoms with Crippen LogP contribution in [0.2, 0.25) is 0 Å². The highest BCUT2D eigenvalue weighted by molar-refractivity contribution is 5.80. The Morgan fingerprint density at radius 1 is 0.966 bits per heavy atom. The summed E-state index contributed by atoms with van der Waals surface area (Å²) in [5.41, 5.74) is 3.99. The van der Waals surface area contributed by atoms with E-state index in [1.54, 1.807) is 28.8 Å². The summed E-state index contributed by atoms with van der Waals surface area (Å²) in [6.45, 7) is 1.49. The van der Waals surface area contributed by atoms with Gasteiger partial charge in [-0.1, -0.05) is 24.3 Å². The van der Waals surface area contributed by atoms with Gasteiger partial charge in [-0.15, -0.1) is 0 Å². The predicted octanol–water partition coefficient (Wildman–Crippen LogP) is 3.37. The monoisotopic (exact) mass is 389 g/mol. The standard InChI is InChI=1S/C23H20FN3O2/c24-18-7-8-19-21(14-18)27(23(29)20-6-3-11-26(19)20)13-10-22(28)25-12-9-16-4-1-2-5-17(16)15-25/h1-8,11,14H,9-10,12-13,15H2. The Hall–Kier alpha value is -3.41. The van der Waals surface area contributed by atoms with Gasteiger partial charge in [-0.05, 0) is 47.9 Å². The fraction of sp³-hybridized carbons (Fsp3) is 0.217. The van der Waals surface area contributed by atoms with Crippen LogP contribution in [0.3, 0.4) is 0 Å². The van der Waals surface area contributed by atoms with Gasteiger partial charge >= 0.3 is 0 Å². The van der Waals surface area contributed by atoms with E-state index in [2.05, 4.69) is 12.1 Å². The second-order valence-corrected chi connectivity index (χ2v) is 7.44. The van der Waals surface area contributed by atoms with Crippen molar-refractivity contribution in [2.75, 3.05) is 6.54 Å². The van der Waals surface area contributed by atoms with Gasteiger partial charge in [-0.25, -0.2) is 4.39 Å². The van der Waals surface area contributed by atoms with Crippen molar-refractivity contribution in [1.82, 2.24) is 13.9 Å². The minimum absolute atomic E-state index is 0.00575. The summed E-state index contributed by atoms with van der Waals surface area (Å²) in [6, 6.07) is 16.1. The second-order valence-electron chi connectivity index (χ2n) is 7.44. The average molecular weight is 389 g/mol. The molecule has 5 nitrogen and oxygen atoms in total. The zero-order valence-electron chi connectivity index (χ0n) is 15.8. The van der Waals surface area contributed by atoms with Gasteiger partial charge in [0.2, 0.25) is 5.91 Å². The SMILES string of the molecule is O=C(CCn1c(=O)c2cccn2c2ccc(F)cc21)N1CCc2ccccc2C1. The van der Waals surface area contributed by atoms with E-state index in [1.807, 2.05) is 17.0 Å². The van der Waals surface area contributed by atoms with Crippen LogP contribution in [-0.2, 0) is 24.3 Å². The molecular weight excluding hydrogens is 369 g/mol. The zero-order chi connectivity index (χ0) is 20.0. The zero-order valence-corrected chi connectivity index (χ0v) is 15.8. The third kappa shape index (κ3) is 3.01. The van der Waals surface area contributed by atoms with Gasteiger partial charge in [-0.2, -0.15) is 0 Å². The Labute approximate surface area is 166 Å². The van der Waals surface area contributed by atoms with Crippen LogP contribution in [0.5, 0.6) is 0 Å². The minimum atomic E-state index is -0.406. The Balaban J connectivity index is 1.44. The molecule has 146 valence electrons. The molecule has 0 fully saturated rings. The second kappa shape index (κ2) is 6.88. The van der Waals surface area contributed by atoms with Crippen molar-refractivity contribution in [3.8, 4) is 0 Å². The maximum absolute atomic E-state index is 13.9. The molecule has 1 aliphatic rings. The van der Waals surface area contributed by atoms with Gasteiger partial charge in [0, 0.05) is 32.3 Å². The molecule has 2 aromatic carbocycles. The number of hydrogen-bond acceptors (Lipinski definition) is 2. The number of benzene rings is 2. The fourth-order valence-electron chi connectivity index (χ4n) is 4.23. The molecule has 0 saturated heterocycles. The van der Waals surface area contributed by atoms with E-state index >= 15 is 0 Å². The lowest BCUT2D eigenvalue weighted by Crippen LogP contribution is -2.37. The summed E-state index contributed by atoms with van der Waals surface area (Å²) in [5, 5.41) is 0. The summed E-state index contributed by atoms with van der Waals surface area (Å²) in [7, 11) is 0. The number of carbonyl (C=O) groups is 1. The van der Waals surface area contributed by atoms with Crippen LogP contribution in [0.15, 0.2) is 65.6 Å². The predicted molar refractivity (Wildman–Crippen MR) is 109 cm³/mol. The van der Waals surface area contributed by atoms with Crippen molar-refractivity contribution in [3.63, 3.8) is 0 Å². The van der Waals surface area contributed by atoms with Crippen LogP contribution in [0, 0.1) is 5.82 Å². The highest BCUT2D eigenvalue weighted by atomic mass is 19.1. The molecule has 29 heavy (non-hydrogen) atoms. The van der Waals surface area contributed by atoms with E-state index in [0.29, 0.717) is 24.1 Å². The average Bonchev–Trinajstić information content (AvgIpc) is 3.23. The maximum atomic E-state index is 13.9. The largest absolute Gasteiger partial charge is 0.338 e. The number of halogens is 1. The van der Waals surface area contributed by atoms with E-state index in [1.165, 1.54) is 27.8 Å². The number of aryl methyl sites for hydroxylation is 1. The first-order valence-electron chi connectivity index (χ1n) is 9.75. The van der Waals surface area contributed by atoms with Gasteiger partial charge in [0.1, 0.15) is 11.3 Å². The first kappa shape index (κ1) is 17.7. The van der Waals surface area contributed by atoms with Crippen molar-refractivity contribution < 1.29 is 9.18 Å². The van der Waals surface area contributed by atoms with E-state index in [0.717, 1.165) is 11.9 Å². The lowest BCUT2D eigenvalue weighted by atomic mass is 10.00. The molecule has 0 unspecified atom stereocenters. The van der Waals surface area contributed by atoms with Gasteiger partial charge < -0.3 is 13.9 Å². The number of fused-ring (bicyclic) bond motifs is 4. The third-order valence-corrected chi connectivity index (χ3v) is 5.73. The Morgan fingerprint density at radius 2 is 1.79 bits per heavy atom. The lowest BCUT2D eigenvalue weighted by Gasteiger charge is -2.29. The molecule has 0 saturated carbocycles. The van der Waals surface area contributed by atoms with Crippen molar-refractivity contribution in [1.29, 1.82) is 0 Å². The molecular formula is C23H20FN3O2. The Bertz CT molecular complexity index is 1300. The summed E-state index contributed by atoms with van der Waals surface area (Å²) < 4.78 is 17.2. The van der Waals surface area contributed by atoms with Crippen molar-refractivity contribution >= 4 is 22.5 Å². The van der Waals surface area contributed by atoms with E-state index in [9.17, 15) is 14.0 Å². The normalized spacial score (nSPS) is 13.8. The molecule has 0 radical (unpaired) electrons. The first-order valence-corrected chi connectivity index (χ1v) is 9.75. The minimum Gasteiger partial charge on any atom is -0.338 e. The number of carbonyl (C=O) groups excluding carboxylic acids is 1. The molecule has 0 N–H and O–H groups in total. The van der Waals surface area contributed by atoms with Crippen LogP contribution in [-0.4, -0.2) is 26.3 Å². The number of nitrogens with zero attached hydrogens (tertiary/aromatic N) is 3. The molecule has 1 aliphatic heterocycles. The third-order valence-electron chi connectivity index (χ3n) is 5.73. The molecule has 1 amide bonds. The number of aromatic nitrogens is 2. The number of rotatable bonds is 3. The van der Waals surface area contributed by atoms with Crippen molar-refractivity contribution in [2.45, 2.75) is 25.9 Å². The topological polar surface area (TPSA) is 46.7 Å². The first-order chi connectivity index (χ1) is 14.1. The molecule has 0 aliphatic carbocycles. The van der Waals surface area contributed by atoms with Crippen LogP contribution in [0.1, 0.15) is 17.5 Å². The molecule has 0 bridgehead atoms. The quantitative estimate of drug-likeness (QED) is 0.539. The molecule has 2 aromatic heterocycles. The van der Waals surface area contributed by atoms with Gasteiger partial charge in [0.05, 0.1) is 11.0 Å².